The molecule has 1 aromatic carbocycles. The number of rotatable bonds is 4. The van der Waals surface area contributed by atoms with Crippen LogP contribution in [0.15, 0.2) is 46.9 Å². The second-order valence-corrected chi connectivity index (χ2v) is 7.89. The molecule has 4 nitrogen and oxygen atoms in total. The Morgan fingerprint density at radius 3 is 2.85 bits per heavy atom. The van der Waals surface area contributed by atoms with Gasteiger partial charge in [-0.2, -0.15) is 0 Å². The van der Waals surface area contributed by atoms with E-state index in [9.17, 15) is 4.79 Å². The average molecular weight is 366 g/mol. The second-order valence-electron chi connectivity index (χ2n) is 6.83. The lowest BCUT2D eigenvalue weighted by atomic mass is 9.82. The molecule has 26 heavy (non-hydrogen) atoms. The maximum Gasteiger partial charge on any atom is 0.224 e. The molecule has 2 aromatic heterocycles. The molecule has 1 amide bonds. The zero-order valence-corrected chi connectivity index (χ0v) is 15.8. The molecule has 0 saturated carbocycles. The number of amides is 1. The number of carbonyl (C=O) groups excluding carboxylic acids is 1. The summed E-state index contributed by atoms with van der Waals surface area (Å²) < 4.78 is 6.73. The number of para-hydroxylation sites is 1. The van der Waals surface area contributed by atoms with Gasteiger partial charge in [-0.3, -0.25) is 4.79 Å². The van der Waals surface area contributed by atoms with Gasteiger partial charge in [-0.25, -0.2) is 4.98 Å². The van der Waals surface area contributed by atoms with E-state index in [1.165, 1.54) is 4.70 Å². The summed E-state index contributed by atoms with van der Waals surface area (Å²) in [4.78, 5) is 17.7. The summed E-state index contributed by atoms with van der Waals surface area (Å²) in [6, 6.07) is 10.2. The quantitative estimate of drug-likeness (QED) is 0.670. The first-order valence-corrected chi connectivity index (χ1v) is 9.77. The van der Waals surface area contributed by atoms with Crippen LogP contribution in [0.4, 0.5) is 0 Å². The summed E-state index contributed by atoms with van der Waals surface area (Å²) in [5, 5.41) is 4.16. The number of hydrogen-bond donors (Lipinski definition) is 1. The number of thiazole rings is 1. The van der Waals surface area contributed by atoms with E-state index in [0.29, 0.717) is 6.54 Å². The molecule has 4 rings (SSSR count). The van der Waals surface area contributed by atoms with E-state index in [2.05, 4.69) is 23.5 Å². The molecule has 5 heteroatoms. The van der Waals surface area contributed by atoms with Crippen LogP contribution in [0, 0.1) is 19.8 Å². The number of aromatic nitrogens is 1. The fourth-order valence-electron chi connectivity index (χ4n) is 3.60. The predicted octanol–water partition coefficient (Wildman–Crippen LogP) is 4.87. The van der Waals surface area contributed by atoms with E-state index < -0.39 is 0 Å². The van der Waals surface area contributed by atoms with E-state index >= 15 is 0 Å². The van der Waals surface area contributed by atoms with Crippen molar-refractivity contribution in [1.29, 1.82) is 0 Å². The van der Waals surface area contributed by atoms with Crippen LogP contribution in [0.2, 0.25) is 0 Å². The Balaban J connectivity index is 1.52. The molecule has 3 aromatic rings. The molecular formula is C21H22N2O2S. The number of furan rings is 1. The maximum absolute atomic E-state index is 12.9. The van der Waals surface area contributed by atoms with Gasteiger partial charge in [0.1, 0.15) is 11.5 Å². The van der Waals surface area contributed by atoms with Crippen LogP contribution in [0.25, 0.3) is 10.2 Å². The normalized spacial score (nSPS) is 19.8. The van der Waals surface area contributed by atoms with Crippen LogP contribution in [0.1, 0.15) is 40.9 Å². The predicted molar refractivity (Wildman–Crippen MR) is 104 cm³/mol. The van der Waals surface area contributed by atoms with Crippen molar-refractivity contribution in [1.82, 2.24) is 10.3 Å². The molecule has 0 saturated heterocycles. The highest BCUT2D eigenvalue weighted by atomic mass is 32.1. The third kappa shape index (κ3) is 3.31. The van der Waals surface area contributed by atoms with E-state index in [4.69, 9.17) is 9.40 Å². The second kappa shape index (κ2) is 7.08. The molecule has 1 aliphatic carbocycles. The fourth-order valence-corrected chi connectivity index (χ4v) is 4.74. The number of nitrogens with zero attached hydrogens (tertiary/aromatic N) is 1. The van der Waals surface area contributed by atoms with Gasteiger partial charge >= 0.3 is 0 Å². The monoisotopic (exact) mass is 366 g/mol. The Morgan fingerprint density at radius 1 is 1.27 bits per heavy atom. The van der Waals surface area contributed by atoms with Crippen LogP contribution in [0.3, 0.4) is 0 Å². The molecule has 1 N–H and O–H groups in total. The molecule has 2 atom stereocenters. The zero-order valence-electron chi connectivity index (χ0n) is 15.0. The summed E-state index contributed by atoms with van der Waals surface area (Å²) in [5.74, 6) is 1.91. The van der Waals surface area contributed by atoms with E-state index in [1.54, 1.807) is 11.3 Å². The lowest BCUT2D eigenvalue weighted by molar-refractivity contribution is -0.125. The van der Waals surface area contributed by atoms with Crippen LogP contribution in [-0.4, -0.2) is 10.9 Å². The third-order valence-electron chi connectivity index (χ3n) is 4.99. The molecule has 1 aliphatic rings. The minimum atomic E-state index is -0.0751. The van der Waals surface area contributed by atoms with E-state index in [0.717, 1.165) is 40.4 Å². The van der Waals surface area contributed by atoms with Crippen molar-refractivity contribution < 1.29 is 9.21 Å². The highest BCUT2D eigenvalue weighted by molar-refractivity contribution is 7.18. The first-order valence-electron chi connectivity index (χ1n) is 8.96. The Hall–Kier alpha value is -2.40. The van der Waals surface area contributed by atoms with Crippen LogP contribution in [-0.2, 0) is 11.3 Å². The molecule has 0 spiro atoms. The van der Waals surface area contributed by atoms with Gasteiger partial charge in [-0.1, -0.05) is 24.3 Å². The van der Waals surface area contributed by atoms with Crippen LogP contribution >= 0.6 is 11.3 Å². The van der Waals surface area contributed by atoms with Crippen molar-refractivity contribution >= 4 is 27.5 Å². The lowest BCUT2D eigenvalue weighted by Crippen LogP contribution is -2.34. The SMILES string of the molecule is Cc1cc(CNC(=O)C2CC=CCC2c2nc3ccccc3s2)c(C)o1. The van der Waals surface area contributed by atoms with Gasteiger partial charge in [0.25, 0.3) is 0 Å². The van der Waals surface area contributed by atoms with E-state index in [1.807, 2.05) is 38.1 Å². The Morgan fingerprint density at radius 2 is 2.08 bits per heavy atom. The fraction of sp³-hybridized carbons (Fsp3) is 0.333. The van der Waals surface area contributed by atoms with E-state index in [-0.39, 0.29) is 17.7 Å². The number of hydrogen-bond acceptors (Lipinski definition) is 4. The van der Waals surface area contributed by atoms with Crippen molar-refractivity contribution in [3.63, 3.8) is 0 Å². The highest BCUT2D eigenvalue weighted by Crippen LogP contribution is 2.38. The first kappa shape index (κ1) is 17.0. The van der Waals surface area contributed by atoms with Gasteiger partial charge in [0.15, 0.2) is 0 Å². The number of nitrogens with one attached hydrogen (secondary N) is 1. The van der Waals surface area contributed by atoms with Gasteiger partial charge in [0, 0.05) is 18.0 Å². The number of fused-ring (bicyclic) bond motifs is 1. The summed E-state index contributed by atoms with van der Waals surface area (Å²) in [6.07, 6.45) is 5.91. The van der Waals surface area contributed by atoms with Crippen LogP contribution < -0.4 is 5.32 Å². The molecule has 0 aliphatic heterocycles. The minimum Gasteiger partial charge on any atom is -0.466 e. The van der Waals surface area contributed by atoms with Crippen molar-refractivity contribution in [2.24, 2.45) is 5.92 Å². The smallest absolute Gasteiger partial charge is 0.224 e. The lowest BCUT2D eigenvalue weighted by Gasteiger charge is -2.26. The zero-order chi connectivity index (χ0) is 18.1. The van der Waals surface area contributed by atoms with Crippen LogP contribution in [0.5, 0.6) is 0 Å². The number of benzene rings is 1. The molecule has 2 heterocycles. The number of allylic oxidation sites excluding steroid dienone is 2. The Bertz CT molecular complexity index is 936. The summed E-state index contributed by atoms with van der Waals surface area (Å²) >= 11 is 1.71. The largest absolute Gasteiger partial charge is 0.466 e. The molecule has 134 valence electrons. The molecule has 0 fully saturated rings. The number of carbonyl (C=O) groups is 1. The standard InChI is InChI=1S/C21H22N2O2S/c1-13-11-15(14(2)25-13)12-22-20(24)16-7-3-4-8-17(16)21-23-18-9-5-6-10-19(18)26-21/h3-6,9-11,16-17H,7-8,12H2,1-2H3,(H,22,24). The summed E-state index contributed by atoms with van der Waals surface area (Å²) in [7, 11) is 0. The van der Waals surface area contributed by atoms with Gasteiger partial charge < -0.3 is 9.73 Å². The molecule has 0 bridgehead atoms. The van der Waals surface area contributed by atoms with Gasteiger partial charge in [0.2, 0.25) is 5.91 Å². The topological polar surface area (TPSA) is 55.1 Å². The van der Waals surface area contributed by atoms with Gasteiger partial charge in [0.05, 0.1) is 21.1 Å². The number of aryl methyl sites for hydroxylation is 2. The molecular weight excluding hydrogens is 344 g/mol. The van der Waals surface area contributed by atoms with Crippen molar-refractivity contribution in [2.75, 3.05) is 0 Å². The highest BCUT2D eigenvalue weighted by Gasteiger charge is 2.32. The minimum absolute atomic E-state index is 0.0751. The third-order valence-corrected chi connectivity index (χ3v) is 6.16. The summed E-state index contributed by atoms with van der Waals surface area (Å²) in [6.45, 7) is 4.37. The van der Waals surface area contributed by atoms with Gasteiger partial charge in [-0.15, -0.1) is 11.3 Å². The molecule has 2 unspecified atom stereocenters. The Kier molecular flexibility index (Phi) is 4.64. The van der Waals surface area contributed by atoms with Crippen molar-refractivity contribution in [2.45, 2.75) is 39.2 Å². The average Bonchev–Trinajstić information content (AvgIpc) is 3.22. The first-order chi connectivity index (χ1) is 12.6. The Labute approximate surface area is 156 Å². The maximum atomic E-state index is 12.9. The molecule has 0 radical (unpaired) electrons. The van der Waals surface area contributed by atoms with Crippen molar-refractivity contribution in [3.05, 3.63) is 64.6 Å². The summed E-state index contributed by atoms with van der Waals surface area (Å²) in [5.41, 5.74) is 2.06. The van der Waals surface area contributed by atoms with Crippen molar-refractivity contribution in [3.8, 4) is 0 Å². The van der Waals surface area contributed by atoms with Gasteiger partial charge in [-0.05, 0) is 44.9 Å².